The molecular formula is C20H25N3O. The van der Waals surface area contributed by atoms with Gasteiger partial charge in [-0.05, 0) is 55.6 Å². The lowest BCUT2D eigenvalue weighted by Gasteiger charge is -2.21. The fourth-order valence-corrected chi connectivity index (χ4v) is 3.27. The van der Waals surface area contributed by atoms with Gasteiger partial charge in [0.2, 0.25) is 5.91 Å². The summed E-state index contributed by atoms with van der Waals surface area (Å²) in [5, 5.41) is 3.59. The van der Waals surface area contributed by atoms with Crippen molar-refractivity contribution in [1.82, 2.24) is 4.90 Å². The molecule has 126 valence electrons. The molecule has 2 aromatic rings. The first kappa shape index (κ1) is 16.5. The van der Waals surface area contributed by atoms with Gasteiger partial charge in [-0.3, -0.25) is 9.69 Å². The maximum atomic E-state index is 11.1. The Bertz CT molecular complexity index is 654. The Morgan fingerprint density at radius 3 is 2.50 bits per heavy atom. The molecule has 1 atom stereocenters. The molecule has 3 rings (SSSR count). The maximum Gasteiger partial charge on any atom is 0.248 e. The largest absolute Gasteiger partial charge is 0.382 e. The van der Waals surface area contributed by atoms with Crippen molar-refractivity contribution in [3.63, 3.8) is 0 Å². The number of carbonyl (C=O) groups is 1. The predicted octanol–water partition coefficient (Wildman–Crippen LogP) is 3.25. The number of carbonyl (C=O) groups excluding carboxylic acids is 1. The molecule has 1 aliphatic heterocycles. The summed E-state index contributed by atoms with van der Waals surface area (Å²) in [7, 11) is 0. The van der Waals surface area contributed by atoms with E-state index in [0.717, 1.165) is 31.7 Å². The van der Waals surface area contributed by atoms with Gasteiger partial charge in [-0.1, -0.05) is 30.3 Å². The SMILES string of the molecule is NC(=O)c1ccc(NC2CCCN(Cc3ccccc3)CC2)cc1. The average molecular weight is 323 g/mol. The Labute approximate surface area is 143 Å². The first-order valence-electron chi connectivity index (χ1n) is 8.63. The molecule has 2 aromatic carbocycles. The summed E-state index contributed by atoms with van der Waals surface area (Å²) in [6.07, 6.45) is 3.50. The summed E-state index contributed by atoms with van der Waals surface area (Å²) in [5.74, 6) is -0.382. The third-order valence-electron chi connectivity index (χ3n) is 4.61. The lowest BCUT2D eigenvalue weighted by molar-refractivity contribution is 0.100. The van der Waals surface area contributed by atoms with E-state index < -0.39 is 0 Å². The second kappa shape index (κ2) is 7.97. The van der Waals surface area contributed by atoms with Crippen LogP contribution in [0.4, 0.5) is 5.69 Å². The van der Waals surface area contributed by atoms with Crippen LogP contribution in [-0.4, -0.2) is 29.9 Å². The summed E-state index contributed by atoms with van der Waals surface area (Å²) in [4.78, 5) is 13.7. The van der Waals surface area contributed by atoms with Gasteiger partial charge < -0.3 is 11.1 Å². The van der Waals surface area contributed by atoms with Gasteiger partial charge >= 0.3 is 0 Å². The number of anilines is 1. The lowest BCUT2D eigenvalue weighted by Crippen LogP contribution is -2.26. The Morgan fingerprint density at radius 2 is 1.79 bits per heavy atom. The van der Waals surface area contributed by atoms with Crippen molar-refractivity contribution in [2.45, 2.75) is 31.8 Å². The molecule has 1 unspecified atom stereocenters. The molecule has 0 aromatic heterocycles. The smallest absolute Gasteiger partial charge is 0.248 e. The fourth-order valence-electron chi connectivity index (χ4n) is 3.27. The minimum atomic E-state index is -0.382. The highest BCUT2D eigenvalue weighted by Crippen LogP contribution is 2.18. The number of rotatable bonds is 5. The number of nitrogens with zero attached hydrogens (tertiary/aromatic N) is 1. The second-order valence-corrected chi connectivity index (χ2v) is 6.48. The number of amides is 1. The molecule has 1 saturated heterocycles. The van der Waals surface area contributed by atoms with Crippen LogP contribution in [0.3, 0.4) is 0 Å². The Balaban J connectivity index is 1.52. The highest BCUT2D eigenvalue weighted by Gasteiger charge is 2.17. The minimum absolute atomic E-state index is 0.382. The highest BCUT2D eigenvalue weighted by molar-refractivity contribution is 5.93. The zero-order valence-electron chi connectivity index (χ0n) is 13.9. The van der Waals surface area contributed by atoms with Crippen LogP contribution in [0.15, 0.2) is 54.6 Å². The third-order valence-corrected chi connectivity index (χ3v) is 4.61. The molecule has 0 saturated carbocycles. The van der Waals surface area contributed by atoms with E-state index in [0.29, 0.717) is 11.6 Å². The average Bonchev–Trinajstić information content (AvgIpc) is 2.82. The van der Waals surface area contributed by atoms with Gasteiger partial charge in [0.25, 0.3) is 0 Å². The molecule has 0 spiro atoms. The predicted molar refractivity (Wildman–Crippen MR) is 97.9 cm³/mol. The van der Waals surface area contributed by atoms with Crippen LogP contribution >= 0.6 is 0 Å². The van der Waals surface area contributed by atoms with E-state index >= 15 is 0 Å². The van der Waals surface area contributed by atoms with Crippen LogP contribution in [-0.2, 0) is 6.54 Å². The number of hydrogen-bond acceptors (Lipinski definition) is 3. The van der Waals surface area contributed by atoms with E-state index in [1.807, 2.05) is 12.1 Å². The van der Waals surface area contributed by atoms with Crippen LogP contribution in [0, 0.1) is 0 Å². The van der Waals surface area contributed by atoms with Crippen molar-refractivity contribution in [1.29, 1.82) is 0 Å². The molecule has 4 heteroatoms. The summed E-state index contributed by atoms with van der Waals surface area (Å²) in [5.41, 5.74) is 8.27. The van der Waals surface area contributed by atoms with Crippen LogP contribution in [0.25, 0.3) is 0 Å². The molecular weight excluding hydrogens is 298 g/mol. The van der Waals surface area contributed by atoms with E-state index in [-0.39, 0.29) is 5.91 Å². The van der Waals surface area contributed by atoms with Gasteiger partial charge in [0.05, 0.1) is 0 Å². The lowest BCUT2D eigenvalue weighted by atomic mass is 10.1. The zero-order chi connectivity index (χ0) is 16.8. The van der Waals surface area contributed by atoms with Crippen molar-refractivity contribution >= 4 is 11.6 Å². The Kier molecular flexibility index (Phi) is 5.49. The van der Waals surface area contributed by atoms with Crippen molar-refractivity contribution < 1.29 is 4.79 Å². The van der Waals surface area contributed by atoms with Crippen LogP contribution in [0.1, 0.15) is 35.2 Å². The number of likely N-dealkylation sites (tertiary alicyclic amines) is 1. The van der Waals surface area contributed by atoms with Gasteiger partial charge in [0, 0.05) is 30.4 Å². The number of benzene rings is 2. The van der Waals surface area contributed by atoms with Gasteiger partial charge in [0.15, 0.2) is 0 Å². The molecule has 24 heavy (non-hydrogen) atoms. The molecule has 3 N–H and O–H groups in total. The fraction of sp³-hybridized carbons (Fsp3) is 0.350. The van der Waals surface area contributed by atoms with Gasteiger partial charge in [-0.15, -0.1) is 0 Å². The first-order valence-corrected chi connectivity index (χ1v) is 8.63. The first-order chi connectivity index (χ1) is 11.7. The quantitative estimate of drug-likeness (QED) is 0.888. The molecule has 4 nitrogen and oxygen atoms in total. The molecule has 1 fully saturated rings. The molecule has 0 bridgehead atoms. The zero-order valence-corrected chi connectivity index (χ0v) is 13.9. The molecule has 0 radical (unpaired) electrons. The summed E-state index contributed by atoms with van der Waals surface area (Å²) in [6, 6.07) is 18.6. The number of hydrogen-bond donors (Lipinski definition) is 2. The highest BCUT2D eigenvalue weighted by atomic mass is 16.1. The normalized spacial score (nSPS) is 18.8. The molecule has 0 aliphatic carbocycles. The summed E-state index contributed by atoms with van der Waals surface area (Å²) < 4.78 is 0. The third kappa shape index (κ3) is 4.59. The van der Waals surface area contributed by atoms with Crippen molar-refractivity contribution in [3.8, 4) is 0 Å². The Morgan fingerprint density at radius 1 is 1.04 bits per heavy atom. The Hall–Kier alpha value is -2.33. The standard InChI is InChI=1S/C20H25N3O/c21-20(24)17-8-10-19(11-9-17)22-18-7-4-13-23(14-12-18)15-16-5-2-1-3-6-16/h1-3,5-6,8-11,18,22H,4,7,12-15H2,(H2,21,24). The second-order valence-electron chi connectivity index (χ2n) is 6.48. The van der Waals surface area contributed by atoms with Crippen molar-refractivity contribution in [2.75, 3.05) is 18.4 Å². The van der Waals surface area contributed by atoms with E-state index in [1.165, 1.54) is 18.4 Å². The molecule has 1 aliphatic rings. The van der Waals surface area contributed by atoms with Crippen LogP contribution < -0.4 is 11.1 Å². The minimum Gasteiger partial charge on any atom is -0.382 e. The molecule has 1 heterocycles. The van der Waals surface area contributed by atoms with Crippen LogP contribution in [0.2, 0.25) is 0 Å². The molecule has 1 amide bonds. The van der Waals surface area contributed by atoms with Gasteiger partial charge in [-0.25, -0.2) is 0 Å². The van der Waals surface area contributed by atoms with E-state index in [2.05, 4.69) is 40.5 Å². The maximum absolute atomic E-state index is 11.1. The van der Waals surface area contributed by atoms with E-state index in [4.69, 9.17) is 5.73 Å². The topological polar surface area (TPSA) is 58.4 Å². The number of primary amides is 1. The number of nitrogens with two attached hydrogens (primary N) is 1. The van der Waals surface area contributed by atoms with E-state index in [1.54, 1.807) is 12.1 Å². The van der Waals surface area contributed by atoms with E-state index in [9.17, 15) is 4.79 Å². The number of nitrogens with one attached hydrogen (secondary N) is 1. The van der Waals surface area contributed by atoms with Gasteiger partial charge in [-0.2, -0.15) is 0 Å². The van der Waals surface area contributed by atoms with Gasteiger partial charge in [0.1, 0.15) is 0 Å². The monoisotopic (exact) mass is 323 g/mol. The van der Waals surface area contributed by atoms with Crippen molar-refractivity contribution in [3.05, 3.63) is 65.7 Å². The summed E-state index contributed by atoms with van der Waals surface area (Å²) >= 11 is 0. The summed E-state index contributed by atoms with van der Waals surface area (Å²) in [6.45, 7) is 3.28. The van der Waals surface area contributed by atoms with Crippen LogP contribution in [0.5, 0.6) is 0 Å². The van der Waals surface area contributed by atoms with Crippen molar-refractivity contribution in [2.24, 2.45) is 5.73 Å².